The van der Waals surface area contributed by atoms with Crippen molar-refractivity contribution in [3.63, 3.8) is 0 Å². The van der Waals surface area contributed by atoms with Crippen LogP contribution in [0.15, 0.2) is 24.3 Å². The standard InChI is InChI=1S/C15H26N2O4/c1-15(2,3)21-14(20)17-9-11-6-4-10(5-7-11)8-12(16)13(18)19/h4-7,12-14,17-20H,8-9,16H2,1-3H3/t12-,14?/m1/s1. The van der Waals surface area contributed by atoms with Crippen molar-refractivity contribution in [1.29, 1.82) is 0 Å². The molecule has 0 aliphatic carbocycles. The van der Waals surface area contributed by atoms with Crippen LogP contribution in [0.2, 0.25) is 0 Å². The van der Waals surface area contributed by atoms with Crippen LogP contribution in [0.5, 0.6) is 0 Å². The Morgan fingerprint density at radius 2 is 1.62 bits per heavy atom. The molecule has 0 saturated carbocycles. The normalized spacial score (nSPS) is 15.2. The number of aliphatic hydroxyl groups is 3. The van der Waals surface area contributed by atoms with Gasteiger partial charge in [0, 0.05) is 6.54 Å². The molecule has 1 unspecified atom stereocenters. The quantitative estimate of drug-likeness (QED) is 0.455. The molecule has 1 aromatic carbocycles. The van der Waals surface area contributed by atoms with Gasteiger partial charge >= 0.3 is 0 Å². The number of ether oxygens (including phenoxy) is 1. The highest BCUT2D eigenvalue weighted by molar-refractivity contribution is 5.23. The second kappa shape index (κ2) is 7.84. The van der Waals surface area contributed by atoms with Crippen LogP contribution in [-0.2, 0) is 17.7 Å². The van der Waals surface area contributed by atoms with Gasteiger partial charge < -0.3 is 25.8 Å². The largest absolute Gasteiger partial charge is 0.367 e. The minimum Gasteiger partial charge on any atom is -0.367 e. The fraction of sp³-hybridized carbons (Fsp3) is 0.600. The molecule has 6 heteroatoms. The summed E-state index contributed by atoms with van der Waals surface area (Å²) in [4.78, 5) is 0. The molecule has 0 fully saturated rings. The van der Waals surface area contributed by atoms with E-state index in [1.807, 2.05) is 45.0 Å². The van der Waals surface area contributed by atoms with E-state index in [9.17, 15) is 5.11 Å². The SMILES string of the molecule is CC(C)(C)OC(O)NCc1ccc(C[C@@H](N)C(O)O)cc1. The number of hydrogen-bond acceptors (Lipinski definition) is 6. The smallest absolute Gasteiger partial charge is 0.214 e. The molecule has 21 heavy (non-hydrogen) atoms. The minimum absolute atomic E-state index is 0.390. The van der Waals surface area contributed by atoms with Crippen LogP contribution in [0, 0.1) is 0 Å². The second-order valence-electron chi connectivity index (χ2n) is 6.06. The van der Waals surface area contributed by atoms with Gasteiger partial charge in [-0.15, -0.1) is 0 Å². The summed E-state index contributed by atoms with van der Waals surface area (Å²) in [6, 6.07) is 6.83. The average molecular weight is 298 g/mol. The summed E-state index contributed by atoms with van der Waals surface area (Å²) in [6.07, 6.45) is -2.15. The molecule has 120 valence electrons. The van der Waals surface area contributed by atoms with E-state index in [1.54, 1.807) is 0 Å². The molecule has 0 aliphatic heterocycles. The zero-order chi connectivity index (χ0) is 16.0. The van der Waals surface area contributed by atoms with Gasteiger partial charge in [0.25, 0.3) is 0 Å². The molecule has 0 amide bonds. The summed E-state index contributed by atoms with van der Waals surface area (Å²) < 4.78 is 5.33. The summed E-state index contributed by atoms with van der Waals surface area (Å²) in [7, 11) is 0. The molecule has 0 heterocycles. The van der Waals surface area contributed by atoms with E-state index in [2.05, 4.69) is 5.32 Å². The van der Waals surface area contributed by atoms with E-state index in [-0.39, 0.29) is 0 Å². The summed E-state index contributed by atoms with van der Waals surface area (Å²) in [5.41, 5.74) is 7.06. The van der Waals surface area contributed by atoms with Crippen LogP contribution in [0.4, 0.5) is 0 Å². The van der Waals surface area contributed by atoms with Gasteiger partial charge in [-0.25, -0.2) is 0 Å². The lowest BCUT2D eigenvalue weighted by atomic mass is 10.0. The maximum atomic E-state index is 9.68. The Morgan fingerprint density at radius 1 is 1.10 bits per heavy atom. The van der Waals surface area contributed by atoms with E-state index in [0.717, 1.165) is 11.1 Å². The summed E-state index contributed by atoms with van der Waals surface area (Å²) in [6.45, 7) is 6.06. The predicted molar refractivity (Wildman–Crippen MR) is 80.0 cm³/mol. The lowest BCUT2D eigenvalue weighted by Crippen LogP contribution is -2.37. The van der Waals surface area contributed by atoms with E-state index in [1.165, 1.54) is 0 Å². The maximum absolute atomic E-state index is 9.68. The molecular formula is C15H26N2O4. The van der Waals surface area contributed by atoms with Gasteiger partial charge in [0.05, 0.1) is 11.6 Å². The predicted octanol–water partition coefficient (Wildman–Crippen LogP) is 0.0477. The van der Waals surface area contributed by atoms with Crippen LogP contribution in [-0.4, -0.2) is 39.7 Å². The van der Waals surface area contributed by atoms with Crippen molar-refractivity contribution in [3.8, 4) is 0 Å². The monoisotopic (exact) mass is 298 g/mol. The van der Waals surface area contributed by atoms with E-state index >= 15 is 0 Å². The van der Waals surface area contributed by atoms with Crippen LogP contribution in [0.25, 0.3) is 0 Å². The number of rotatable bonds is 7. The van der Waals surface area contributed by atoms with Crippen molar-refractivity contribution in [3.05, 3.63) is 35.4 Å². The number of hydrogen-bond donors (Lipinski definition) is 5. The molecule has 6 nitrogen and oxygen atoms in total. The van der Waals surface area contributed by atoms with E-state index < -0.39 is 24.3 Å². The first-order chi connectivity index (χ1) is 9.67. The Kier molecular flexibility index (Phi) is 6.73. The Bertz CT molecular complexity index is 415. The van der Waals surface area contributed by atoms with Gasteiger partial charge in [0.1, 0.15) is 0 Å². The van der Waals surface area contributed by atoms with Crippen LogP contribution in [0.3, 0.4) is 0 Å². The van der Waals surface area contributed by atoms with E-state index in [0.29, 0.717) is 13.0 Å². The highest BCUT2D eigenvalue weighted by atomic mass is 16.6. The summed E-state index contributed by atoms with van der Waals surface area (Å²) in [5, 5.41) is 30.4. The van der Waals surface area contributed by atoms with Crippen molar-refractivity contribution in [2.24, 2.45) is 5.73 Å². The summed E-state index contributed by atoms with van der Waals surface area (Å²) >= 11 is 0. The summed E-state index contributed by atoms with van der Waals surface area (Å²) in [5.74, 6) is 0. The van der Waals surface area contributed by atoms with Crippen molar-refractivity contribution in [2.45, 2.75) is 58.1 Å². The molecule has 0 aromatic heterocycles. The van der Waals surface area contributed by atoms with Gasteiger partial charge in [-0.2, -0.15) is 0 Å². The zero-order valence-electron chi connectivity index (χ0n) is 12.8. The third-order valence-electron chi connectivity index (χ3n) is 2.82. The lowest BCUT2D eigenvalue weighted by Gasteiger charge is -2.24. The molecule has 1 rings (SSSR count). The molecule has 2 atom stereocenters. The Labute approximate surface area is 125 Å². The van der Waals surface area contributed by atoms with Crippen molar-refractivity contribution in [2.75, 3.05) is 0 Å². The number of aliphatic hydroxyl groups excluding tert-OH is 2. The minimum atomic E-state index is -1.52. The fourth-order valence-electron chi connectivity index (χ4n) is 1.75. The third kappa shape index (κ3) is 7.52. The highest BCUT2D eigenvalue weighted by Crippen LogP contribution is 2.10. The van der Waals surface area contributed by atoms with Gasteiger partial charge in [-0.1, -0.05) is 24.3 Å². The number of benzene rings is 1. The second-order valence-corrected chi connectivity index (χ2v) is 6.06. The van der Waals surface area contributed by atoms with Crippen LogP contribution >= 0.6 is 0 Å². The molecule has 0 aliphatic rings. The van der Waals surface area contributed by atoms with Crippen LogP contribution < -0.4 is 11.1 Å². The van der Waals surface area contributed by atoms with E-state index in [4.69, 9.17) is 20.7 Å². The fourth-order valence-corrected chi connectivity index (χ4v) is 1.75. The van der Waals surface area contributed by atoms with Gasteiger partial charge in [0.15, 0.2) is 6.29 Å². The topological polar surface area (TPSA) is 108 Å². The molecule has 0 bridgehead atoms. The number of nitrogens with two attached hydrogens (primary N) is 1. The Morgan fingerprint density at radius 3 is 2.10 bits per heavy atom. The molecule has 0 spiro atoms. The molecule has 1 aromatic rings. The van der Waals surface area contributed by atoms with Crippen molar-refractivity contribution in [1.82, 2.24) is 5.32 Å². The zero-order valence-corrected chi connectivity index (χ0v) is 12.8. The van der Waals surface area contributed by atoms with Gasteiger partial charge in [-0.3, -0.25) is 5.32 Å². The molecule has 0 saturated heterocycles. The number of nitrogens with one attached hydrogen (secondary N) is 1. The Hall–Kier alpha value is -1.02. The Balaban J connectivity index is 2.44. The molecule has 6 N–H and O–H groups in total. The van der Waals surface area contributed by atoms with Crippen LogP contribution in [0.1, 0.15) is 31.9 Å². The van der Waals surface area contributed by atoms with Gasteiger partial charge in [-0.05, 0) is 38.3 Å². The average Bonchev–Trinajstić information content (AvgIpc) is 2.35. The first-order valence-corrected chi connectivity index (χ1v) is 6.96. The molecule has 0 radical (unpaired) electrons. The third-order valence-corrected chi connectivity index (χ3v) is 2.82. The highest BCUT2D eigenvalue weighted by Gasteiger charge is 2.16. The first kappa shape index (κ1) is 18.0. The van der Waals surface area contributed by atoms with Crippen molar-refractivity contribution < 1.29 is 20.1 Å². The van der Waals surface area contributed by atoms with Crippen molar-refractivity contribution >= 4 is 0 Å². The molecular weight excluding hydrogens is 272 g/mol. The maximum Gasteiger partial charge on any atom is 0.214 e. The van der Waals surface area contributed by atoms with Gasteiger partial charge in [0.2, 0.25) is 6.41 Å². The lowest BCUT2D eigenvalue weighted by molar-refractivity contribution is -0.182. The first-order valence-electron chi connectivity index (χ1n) is 6.96.